The highest BCUT2D eigenvalue weighted by Gasteiger charge is 2.15. The van der Waals surface area contributed by atoms with Gasteiger partial charge in [0.05, 0.1) is 5.75 Å². The van der Waals surface area contributed by atoms with Crippen molar-refractivity contribution in [2.75, 3.05) is 5.75 Å². The first kappa shape index (κ1) is 17.2. The van der Waals surface area contributed by atoms with Crippen molar-refractivity contribution in [3.05, 3.63) is 58.0 Å². The van der Waals surface area contributed by atoms with E-state index in [1.165, 1.54) is 11.8 Å². The summed E-state index contributed by atoms with van der Waals surface area (Å²) in [5.41, 5.74) is 1.66. The summed E-state index contributed by atoms with van der Waals surface area (Å²) >= 11 is 1.29. The number of aromatic nitrogens is 4. The second-order valence-corrected chi connectivity index (χ2v) is 6.85. The van der Waals surface area contributed by atoms with E-state index in [0.717, 1.165) is 11.3 Å². The lowest BCUT2D eigenvalue weighted by Gasteiger charge is -2.09. The lowest BCUT2D eigenvalue weighted by molar-refractivity contribution is -0.118. The number of rotatable bonds is 6. The van der Waals surface area contributed by atoms with Gasteiger partial charge in [-0.05, 0) is 11.5 Å². The monoisotopic (exact) mass is 357 g/mol. The zero-order valence-corrected chi connectivity index (χ0v) is 14.8. The smallest absolute Gasteiger partial charge is 0.252 e. The summed E-state index contributed by atoms with van der Waals surface area (Å²) in [6.45, 7) is 4.48. The fourth-order valence-corrected chi connectivity index (χ4v) is 3.21. The SMILES string of the molecule is CC(C)c1cc(=O)[nH]c2nnc(SCC(=O)NCc3ccccc3)n12. The second kappa shape index (κ2) is 7.52. The zero-order valence-electron chi connectivity index (χ0n) is 14.0. The lowest BCUT2D eigenvalue weighted by atomic mass is 10.1. The van der Waals surface area contributed by atoms with Gasteiger partial charge in [0.1, 0.15) is 0 Å². The molecule has 2 aromatic heterocycles. The average Bonchev–Trinajstić information content (AvgIpc) is 3.01. The summed E-state index contributed by atoms with van der Waals surface area (Å²) in [6, 6.07) is 11.3. The molecule has 0 atom stereocenters. The van der Waals surface area contributed by atoms with Gasteiger partial charge in [0, 0.05) is 18.3 Å². The highest BCUT2D eigenvalue weighted by atomic mass is 32.2. The Bertz CT molecular complexity index is 933. The van der Waals surface area contributed by atoms with Gasteiger partial charge in [-0.25, -0.2) is 0 Å². The van der Waals surface area contributed by atoms with Gasteiger partial charge in [-0.15, -0.1) is 10.2 Å². The maximum absolute atomic E-state index is 12.1. The van der Waals surface area contributed by atoms with Crippen LogP contribution in [0.4, 0.5) is 0 Å². The molecule has 0 aliphatic carbocycles. The van der Waals surface area contributed by atoms with Crippen molar-refractivity contribution in [2.45, 2.75) is 31.5 Å². The first-order chi connectivity index (χ1) is 12.0. The lowest BCUT2D eigenvalue weighted by Crippen LogP contribution is -2.24. The molecule has 3 rings (SSSR count). The maximum Gasteiger partial charge on any atom is 0.252 e. The van der Waals surface area contributed by atoms with Crippen LogP contribution in [0.5, 0.6) is 0 Å². The van der Waals surface area contributed by atoms with Gasteiger partial charge in [0.2, 0.25) is 11.7 Å². The number of thioether (sulfide) groups is 1. The van der Waals surface area contributed by atoms with Crippen molar-refractivity contribution in [1.29, 1.82) is 0 Å². The number of hydrogen-bond donors (Lipinski definition) is 2. The standard InChI is InChI=1S/C17H19N5O2S/c1-11(2)13-8-14(23)19-16-20-21-17(22(13)16)25-10-15(24)18-9-12-6-4-3-5-7-12/h3-8,11H,9-10H2,1-2H3,(H,18,24)(H,19,20,23). The van der Waals surface area contributed by atoms with E-state index < -0.39 is 0 Å². The second-order valence-electron chi connectivity index (χ2n) is 5.91. The number of nitrogens with zero attached hydrogens (tertiary/aromatic N) is 3. The van der Waals surface area contributed by atoms with Crippen molar-refractivity contribution < 1.29 is 4.79 Å². The Morgan fingerprint density at radius 3 is 2.76 bits per heavy atom. The van der Waals surface area contributed by atoms with E-state index >= 15 is 0 Å². The van der Waals surface area contributed by atoms with Gasteiger partial charge in [0.15, 0.2) is 5.16 Å². The summed E-state index contributed by atoms with van der Waals surface area (Å²) in [6.07, 6.45) is 0. The van der Waals surface area contributed by atoms with Crippen LogP contribution < -0.4 is 10.9 Å². The number of hydrogen-bond acceptors (Lipinski definition) is 5. The van der Waals surface area contributed by atoms with Crippen LogP contribution in [-0.2, 0) is 11.3 Å². The minimum Gasteiger partial charge on any atom is -0.351 e. The molecular weight excluding hydrogens is 338 g/mol. The van der Waals surface area contributed by atoms with E-state index in [-0.39, 0.29) is 23.1 Å². The molecule has 130 valence electrons. The van der Waals surface area contributed by atoms with E-state index in [1.807, 2.05) is 44.2 Å². The molecule has 1 aromatic carbocycles. The third kappa shape index (κ3) is 4.08. The molecule has 0 spiro atoms. The van der Waals surface area contributed by atoms with Crippen LogP contribution in [0, 0.1) is 0 Å². The summed E-state index contributed by atoms with van der Waals surface area (Å²) in [4.78, 5) is 26.4. The number of amides is 1. The molecular formula is C17H19N5O2S. The molecule has 0 aliphatic rings. The number of carbonyl (C=O) groups excluding carboxylic acids is 1. The molecule has 0 saturated heterocycles. The molecule has 2 heterocycles. The zero-order chi connectivity index (χ0) is 17.8. The topological polar surface area (TPSA) is 92.2 Å². The first-order valence-electron chi connectivity index (χ1n) is 7.96. The van der Waals surface area contributed by atoms with Gasteiger partial charge < -0.3 is 5.32 Å². The number of H-pyrrole nitrogens is 1. The average molecular weight is 357 g/mol. The summed E-state index contributed by atoms with van der Waals surface area (Å²) in [7, 11) is 0. The predicted molar refractivity (Wildman–Crippen MR) is 96.7 cm³/mol. The van der Waals surface area contributed by atoms with Crippen LogP contribution >= 0.6 is 11.8 Å². The normalized spacial score (nSPS) is 11.2. The van der Waals surface area contributed by atoms with Gasteiger partial charge in [0.25, 0.3) is 5.56 Å². The summed E-state index contributed by atoms with van der Waals surface area (Å²) in [5.74, 6) is 0.668. The largest absolute Gasteiger partial charge is 0.351 e. The van der Waals surface area contributed by atoms with E-state index in [0.29, 0.717) is 17.5 Å². The fraction of sp³-hybridized carbons (Fsp3) is 0.294. The number of aromatic amines is 1. The Morgan fingerprint density at radius 1 is 1.28 bits per heavy atom. The van der Waals surface area contributed by atoms with Gasteiger partial charge in [-0.1, -0.05) is 55.9 Å². The Hall–Kier alpha value is -2.61. The van der Waals surface area contributed by atoms with E-state index in [4.69, 9.17) is 0 Å². The van der Waals surface area contributed by atoms with Crippen LogP contribution in [0.2, 0.25) is 0 Å². The predicted octanol–water partition coefficient (Wildman–Crippen LogP) is 1.95. The number of carbonyl (C=O) groups is 1. The maximum atomic E-state index is 12.1. The molecule has 0 aliphatic heterocycles. The summed E-state index contributed by atoms with van der Waals surface area (Å²) in [5, 5.41) is 11.6. The highest BCUT2D eigenvalue weighted by molar-refractivity contribution is 7.99. The minimum absolute atomic E-state index is 0.0823. The van der Waals surface area contributed by atoms with Crippen LogP contribution in [0.25, 0.3) is 5.78 Å². The van der Waals surface area contributed by atoms with E-state index in [2.05, 4.69) is 20.5 Å². The van der Waals surface area contributed by atoms with Gasteiger partial charge in [-0.2, -0.15) is 0 Å². The molecule has 0 radical (unpaired) electrons. The van der Waals surface area contributed by atoms with Crippen LogP contribution in [0.15, 0.2) is 46.3 Å². The Labute approximate surface area is 148 Å². The van der Waals surface area contributed by atoms with Crippen molar-refractivity contribution in [3.63, 3.8) is 0 Å². The van der Waals surface area contributed by atoms with Gasteiger partial charge >= 0.3 is 0 Å². The quantitative estimate of drug-likeness (QED) is 0.658. The molecule has 8 heteroatoms. The van der Waals surface area contributed by atoms with Crippen molar-refractivity contribution in [3.8, 4) is 0 Å². The summed E-state index contributed by atoms with van der Waals surface area (Å²) < 4.78 is 1.79. The third-order valence-corrected chi connectivity index (χ3v) is 4.59. The molecule has 3 aromatic rings. The van der Waals surface area contributed by atoms with Crippen molar-refractivity contribution in [1.82, 2.24) is 24.9 Å². The fourth-order valence-electron chi connectivity index (χ4n) is 2.42. The van der Waals surface area contributed by atoms with Crippen molar-refractivity contribution in [2.24, 2.45) is 0 Å². The highest BCUT2D eigenvalue weighted by Crippen LogP contribution is 2.21. The van der Waals surface area contributed by atoms with Crippen molar-refractivity contribution >= 4 is 23.4 Å². The van der Waals surface area contributed by atoms with Crippen LogP contribution in [0.1, 0.15) is 31.0 Å². The molecule has 1 amide bonds. The third-order valence-electron chi connectivity index (χ3n) is 3.66. The minimum atomic E-state index is -0.208. The molecule has 0 fully saturated rings. The Kier molecular flexibility index (Phi) is 5.18. The van der Waals surface area contributed by atoms with E-state index in [1.54, 1.807) is 10.5 Å². The molecule has 7 nitrogen and oxygen atoms in total. The van der Waals surface area contributed by atoms with Crippen LogP contribution in [-0.4, -0.2) is 31.2 Å². The Balaban J connectivity index is 1.69. The van der Waals surface area contributed by atoms with Crippen LogP contribution in [0.3, 0.4) is 0 Å². The number of nitrogens with one attached hydrogen (secondary N) is 2. The van der Waals surface area contributed by atoms with E-state index in [9.17, 15) is 9.59 Å². The van der Waals surface area contributed by atoms with Gasteiger partial charge in [-0.3, -0.25) is 19.0 Å². The first-order valence-corrected chi connectivity index (χ1v) is 8.95. The molecule has 0 bridgehead atoms. The number of benzene rings is 1. The molecule has 25 heavy (non-hydrogen) atoms. The molecule has 2 N–H and O–H groups in total. The molecule has 0 saturated carbocycles. The number of fused-ring (bicyclic) bond motifs is 1. The molecule has 0 unspecified atom stereocenters. The Morgan fingerprint density at radius 2 is 2.04 bits per heavy atom.